The monoisotopic (exact) mass is 818 g/mol. The van der Waals surface area contributed by atoms with E-state index in [1.54, 1.807) is 0 Å². The summed E-state index contributed by atoms with van der Waals surface area (Å²) in [6.07, 6.45) is 32.8. The lowest BCUT2D eigenvalue weighted by Crippen LogP contribution is -2.44. The number of rotatable bonds is 42. The van der Waals surface area contributed by atoms with Crippen LogP contribution in [-0.2, 0) is 19.1 Å². The lowest BCUT2D eigenvalue weighted by molar-refractivity contribution is -0.151. The van der Waals surface area contributed by atoms with Crippen LogP contribution in [0.3, 0.4) is 0 Å². The van der Waals surface area contributed by atoms with Crippen molar-refractivity contribution >= 4 is 23.3 Å². The van der Waals surface area contributed by atoms with Crippen molar-refractivity contribution in [1.29, 1.82) is 0 Å². The van der Waals surface area contributed by atoms with Crippen LogP contribution in [0.25, 0.3) is 0 Å². The molecule has 2 atom stereocenters. The van der Waals surface area contributed by atoms with Gasteiger partial charge in [-0.1, -0.05) is 143 Å². The van der Waals surface area contributed by atoms with Crippen molar-refractivity contribution in [2.45, 2.75) is 239 Å². The number of carbonyl (C=O) groups is 2. The van der Waals surface area contributed by atoms with Gasteiger partial charge in [0.15, 0.2) is 0 Å². The van der Waals surface area contributed by atoms with Crippen LogP contribution < -0.4 is 21.1 Å². The average molecular weight is 818 g/mol. The Bertz CT molecular complexity index is 1210. The van der Waals surface area contributed by atoms with Gasteiger partial charge in [-0.15, -0.1) is 0 Å². The Balaban J connectivity index is 2.55. The molecule has 0 radical (unpaired) electrons. The second kappa shape index (κ2) is 36.4. The maximum atomic E-state index is 12.9. The number of carbonyl (C=O) groups excluding carboxylic acids is 2. The van der Waals surface area contributed by atoms with Gasteiger partial charge in [0.05, 0.1) is 0 Å². The third-order valence-electron chi connectivity index (χ3n) is 11.5. The second-order valence-corrected chi connectivity index (χ2v) is 17.4. The molecule has 58 heavy (non-hydrogen) atoms. The highest BCUT2D eigenvalue weighted by Crippen LogP contribution is 2.23. The molecule has 0 fully saturated rings. The Morgan fingerprint density at radius 2 is 0.879 bits per heavy atom. The van der Waals surface area contributed by atoms with Gasteiger partial charge in [0, 0.05) is 39.0 Å². The van der Waals surface area contributed by atoms with Gasteiger partial charge in [0.2, 0.25) is 0 Å². The Morgan fingerprint density at radius 1 is 0.483 bits per heavy atom. The van der Waals surface area contributed by atoms with Gasteiger partial charge in [-0.2, -0.15) is 0 Å². The van der Waals surface area contributed by atoms with Gasteiger partial charge in [-0.3, -0.25) is 19.2 Å². The third-order valence-corrected chi connectivity index (χ3v) is 11.5. The van der Waals surface area contributed by atoms with Gasteiger partial charge >= 0.3 is 11.9 Å². The van der Waals surface area contributed by atoms with Crippen molar-refractivity contribution in [3.63, 3.8) is 0 Å². The van der Waals surface area contributed by atoms with E-state index in [1.165, 1.54) is 70.6 Å². The fourth-order valence-corrected chi connectivity index (χ4v) is 7.88. The number of hydrogen-bond donors (Lipinski definition) is 1. The molecule has 9 heteroatoms. The van der Waals surface area contributed by atoms with Crippen molar-refractivity contribution in [1.82, 2.24) is 4.90 Å². The number of esters is 2. The average Bonchev–Trinajstić information content (AvgIpc) is 3.20. The van der Waals surface area contributed by atoms with Gasteiger partial charge in [-0.05, 0) is 84.7 Å². The molecule has 0 aliphatic rings. The van der Waals surface area contributed by atoms with Crippen LogP contribution in [0, 0.1) is 0 Å². The highest BCUT2D eigenvalue weighted by molar-refractivity contribution is 5.75. The van der Waals surface area contributed by atoms with E-state index in [9.17, 15) is 19.2 Å². The Morgan fingerprint density at radius 3 is 1.34 bits per heavy atom. The smallest absolute Gasteiger partial charge is 0.306 e. The molecule has 1 N–H and O–H groups in total. The molecule has 1 rings (SSSR count). The standard InChI is InChI=1S/C49H91N3O6/c1-7-11-14-16-20-27-35-43(34-26-19-15-12-8-2)58-45(54)37-29-22-18-24-31-40-52(47-46(48(55)49(47)56)50-38-41-51(5)6)39-30-23-17-21-28-36-44(53)57-42(32-10-4)33-25-13-9-3/h42-43,50H,7-41H2,1-6H3. The molecule has 2 unspecified atom stereocenters. The summed E-state index contributed by atoms with van der Waals surface area (Å²) in [5.74, 6) is -0.102. The maximum absolute atomic E-state index is 12.9. The lowest BCUT2D eigenvalue weighted by Gasteiger charge is -2.28. The highest BCUT2D eigenvalue weighted by atomic mass is 16.5. The first-order valence-electron chi connectivity index (χ1n) is 24.5. The van der Waals surface area contributed by atoms with Gasteiger partial charge in [-0.25, -0.2) is 0 Å². The van der Waals surface area contributed by atoms with Crippen LogP contribution in [-0.4, -0.2) is 69.3 Å². The molecule has 9 nitrogen and oxygen atoms in total. The molecular weight excluding hydrogens is 727 g/mol. The van der Waals surface area contributed by atoms with Crippen LogP contribution in [0.5, 0.6) is 0 Å². The predicted octanol–water partition coefficient (Wildman–Crippen LogP) is 12.1. The first kappa shape index (κ1) is 53.6. The SMILES string of the molecule is CCCCCCCCC(CCCCCCC)OC(=O)CCCCCCCN(CCCCCCCC(=O)OC(CCC)CCCCC)c1c(NCCN(C)C)c(=O)c1=O. The summed E-state index contributed by atoms with van der Waals surface area (Å²) >= 11 is 0. The van der Waals surface area contributed by atoms with Crippen LogP contribution in [0.2, 0.25) is 0 Å². The number of unbranched alkanes of at least 4 members (excludes halogenated alkanes) is 19. The van der Waals surface area contributed by atoms with Crippen molar-refractivity contribution in [3.05, 3.63) is 20.4 Å². The van der Waals surface area contributed by atoms with Crippen LogP contribution >= 0.6 is 0 Å². The minimum Gasteiger partial charge on any atom is -0.462 e. The van der Waals surface area contributed by atoms with Crippen molar-refractivity contribution in [2.24, 2.45) is 0 Å². The lowest BCUT2D eigenvalue weighted by atomic mass is 10.0. The molecule has 0 aliphatic heterocycles. The number of likely N-dealkylation sites (N-methyl/N-ethyl adjacent to an activating group) is 1. The summed E-state index contributed by atoms with van der Waals surface area (Å²) in [4.78, 5) is 55.0. The van der Waals surface area contributed by atoms with Crippen LogP contribution in [0.15, 0.2) is 9.59 Å². The van der Waals surface area contributed by atoms with E-state index in [0.717, 1.165) is 135 Å². The molecule has 0 saturated carbocycles. The Labute approximate surface area is 356 Å². The molecule has 0 saturated heterocycles. The second-order valence-electron chi connectivity index (χ2n) is 17.4. The van der Waals surface area contributed by atoms with Gasteiger partial charge in [0.25, 0.3) is 10.9 Å². The zero-order valence-electron chi connectivity index (χ0n) is 38.7. The highest BCUT2D eigenvalue weighted by Gasteiger charge is 2.25. The van der Waals surface area contributed by atoms with E-state index >= 15 is 0 Å². The normalized spacial score (nSPS) is 12.6. The minimum absolute atomic E-state index is 0.0385. The summed E-state index contributed by atoms with van der Waals surface area (Å²) in [7, 11) is 3.98. The fourth-order valence-electron chi connectivity index (χ4n) is 7.88. The number of nitrogens with one attached hydrogen (secondary N) is 1. The van der Waals surface area contributed by atoms with E-state index in [0.29, 0.717) is 30.8 Å². The van der Waals surface area contributed by atoms with Crippen molar-refractivity contribution in [3.8, 4) is 0 Å². The molecule has 0 bridgehead atoms. The van der Waals surface area contributed by atoms with Crippen LogP contribution in [0.1, 0.15) is 227 Å². The summed E-state index contributed by atoms with van der Waals surface area (Å²) in [6, 6.07) is 0. The molecular formula is C49H91N3O6. The van der Waals surface area contributed by atoms with Gasteiger partial charge < -0.3 is 24.6 Å². The number of ether oxygens (including phenoxy) is 2. The molecule has 0 aromatic heterocycles. The molecule has 0 aliphatic carbocycles. The topological polar surface area (TPSA) is 105 Å². The predicted molar refractivity (Wildman–Crippen MR) is 246 cm³/mol. The summed E-state index contributed by atoms with van der Waals surface area (Å²) in [5.41, 5.74) is 0.234. The summed E-state index contributed by atoms with van der Waals surface area (Å²) in [5, 5.41) is 3.25. The summed E-state index contributed by atoms with van der Waals surface area (Å²) in [6.45, 7) is 11.7. The minimum atomic E-state index is -0.408. The third kappa shape index (κ3) is 26.6. The molecule has 0 heterocycles. The zero-order chi connectivity index (χ0) is 42.6. The first-order valence-corrected chi connectivity index (χ1v) is 24.5. The molecule has 1 aromatic carbocycles. The number of hydrogen-bond acceptors (Lipinski definition) is 9. The first-order chi connectivity index (χ1) is 28.2. The number of nitrogens with zero attached hydrogens (tertiary/aromatic N) is 2. The Hall–Kier alpha value is -2.42. The Kier molecular flexibility index (Phi) is 33.7. The van der Waals surface area contributed by atoms with E-state index in [1.807, 2.05) is 14.1 Å². The van der Waals surface area contributed by atoms with E-state index in [4.69, 9.17) is 9.47 Å². The maximum Gasteiger partial charge on any atom is 0.306 e. The van der Waals surface area contributed by atoms with Crippen LogP contribution in [0.4, 0.5) is 11.4 Å². The van der Waals surface area contributed by atoms with Gasteiger partial charge in [0.1, 0.15) is 23.6 Å². The molecule has 338 valence electrons. The van der Waals surface area contributed by atoms with Crippen molar-refractivity contribution in [2.75, 3.05) is 50.5 Å². The van der Waals surface area contributed by atoms with E-state index in [-0.39, 0.29) is 29.6 Å². The van der Waals surface area contributed by atoms with E-state index < -0.39 is 5.43 Å². The largest absolute Gasteiger partial charge is 0.462 e. The summed E-state index contributed by atoms with van der Waals surface area (Å²) < 4.78 is 11.8. The van der Waals surface area contributed by atoms with E-state index in [2.05, 4.69) is 42.8 Å². The zero-order valence-corrected chi connectivity index (χ0v) is 38.7. The molecule has 1 aromatic rings. The fraction of sp³-hybridized carbons (Fsp3) is 0.878. The molecule has 0 amide bonds. The number of anilines is 2. The quantitative estimate of drug-likeness (QED) is 0.0392. The molecule has 0 spiro atoms. The van der Waals surface area contributed by atoms with Crippen molar-refractivity contribution < 1.29 is 19.1 Å².